The summed E-state index contributed by atoms with van der Waals surface area (Å²) in [4.78, 5) is 18.0. The summed E-state index contributed by atoms with van der Waals surface area (Å²) in [5, 5.41) is -0.365. The minimum atomic E-state index is -0.619. The minimum Gasteiger partial charge on any atom is -0.274 e. The smallest absolute Gasteiger partial charge is 0.271 e. The Hall–Kier alpha value is -0.670. The molecule has 0 spiro atoms. The molecule has 1 rings (SSSR count). The van der Waals surface area contributed by atoms with Crippen LogP contribution in [-0.2, 0) is 0 Å². The highest BCUT2D eigenvalue weighted by atomic mass is 35.5. The van der Waals surface area contributed by atoms with Gasteiger partial charge in [-0.1, -0.05) is 11.6 Å². The Labute approximate surface area is 73.4 Å². The Morgan fingerprint density at radius 1 is 1.55 bits per heavy atom. The first-order valence-corrected chi connectivity index (χ1v) is 3.55. The van der Waals surface area contributed by atoms with Crippen LogP contribution in [0.4, 0.5) is 0 Å². The van der Waals surface area contributed by atoms with Crippen LogP contribution < -0.4 is 0 Å². The molecule has 0 saturated carbocycles. The van der Waals surface area contributed by atoms with Crippen LogP contribution in [0.2, 0.25) is 5.15 Å². The summed E-state index contributed by atoms with van der Waals surface area (Å²) in [6.45, 7) is 1.64. The lowest BCUT2D eigenvalue weighted by molar-refractivity contribution is 0.107. The number of carbonyl (C=O) groups is 1. The van der Waals surface area contributed by atoms with Crippen LogP contribution >= 0.6 is 23.2 Å². The zero-order valence-electron chi connectivity index (χ0n) is 5.64. The topological polar surface area (TPSA) is 42.9 Å². The molecule has 5 heteroatoms. The van der Waals surface area contributed by atoms with E-state index in [9.17, 15) is 4.79 Å². The van der Waals surface area contributed by atoms with Crippen LogP contribution in [-0.4, -0.2) is 15.2 Å². The first kappa shape index (κ1) is 8.43. The third-order valence-corrected chi connectivity index (χ3v) is 1.77. The van der Waals surface area contributed by atoms with Gasteiger partial charge in [0.15, 0.2) is 0 Å². The Balaban J connectivity index is 3.27. The second-order valence-corrected chi connectivity index (χ2v) is 2.61. The van der Waals surface area contributed by atoms with Crippen LogP contribution in [0.15, 0.2) is 6.33 Å². The highest BCUT2D eigenvalue weighted by Gasteiger charge is 2.09. The maximum Gasteiger partial charge on any atom is 0.271 e. The number of hydrogen-bond donors (Lipinski definition) is 0. The quantitative estimate of drug-likeness (QED) is 0.502. The molecule has 0 aliphatic heterocycles. The van der Waals surface area contributed by atoms with Crippen molar-refractivity contribution in [2.24, 2.45) is 0 Å². The summed E-state index contributed by atoms with van der Waals surface area (Å²) in [5.74, 6) is 0. The maximum absolute atomic E-state index is 10.6. The first-order valence-electron chi connectivity index (χ1n) is 2.80. The lowest BCUT2D eigenvalue weighted by Crippen LogP contribution is -1.99. The molecule has 0 aromatic carbocycles. The largest absolute Gasteiger partial charge is 0.274 e. The van der Waals surface area contributed by atoms with Gasteiger partial charge in [-0.05, 0) is 18.5 Å². The molecule has 3 nitrogen and oxygen atoms in total. The van der Waals surface area contributed by atoms with Crippen molar-refractivity contribution < 1.29 is 4.79 Å². The second kappa shape index (κ2) is 3.15. The Kier molecular flexibility index (Phi) is 2.42. The summed E-state index contributed by atoms with van der Waals surface area (Å²) in [7, 11) is 0. The van der Waals surface area contributed by atoms with Crippen molar-refractivity contribution in [2.45, 2.75) is 6.92 Å². The minimum absolute atomic E-state index is 0.159. The molecule has 1 aromatic heterocycles. The number of aromatic nitrogens is 2. The number of hydrogen-bond acceptors (Lipinski definition) is 3. The lowest BCUT2D eigenvalue weighted by atomic mass is 10.3. The van der Waals surface area contributed by atoms with Crippen molar-refractivity contribution >= 4 is 28.4 Å². The van der Waals surface area contributed by atoms with E-state index >= 15 is 0 Å². The van der Waals surface area contributed by atoms with Gasteiger partial charge in [-0.2, -0.15) is 0 Å². The SMILES string of the molecule is Cc1c(Cl)ncnc1C(=O)Cl. The molecule has 0 N–H and O–H groups in total. The molecule has 0 aliphatic carbocycles. The summed E-state index contributed by atoms with van der Waals surface area (Å²) in [5.41, 5.74) is 0.667. The standard InChI is InChI=1S/C6H4Cl2N2O/c1-3-4(6(8)11)9-2-10-5(3)7/h2H,1H3. The van der Waals surface area contributed by atoms with Crippen LogP contribution in [0.25, 0.3) is 0 Å². The molecule has 0 unspecified atom stereocenters. The van der Waals surface area contributed by atoms with Crippen molar-refractivity contribution in [1.82, 2.24) is 9.97 Å². The number of carbonyl (C=O) groups excluding carboxylic acids is 1. The Bertz CT molecular complexity index is 301. The van der Waals surface area contributed by atoms with Gasteiger partial charge in [-0.25, -0.2) is 9.97 Å². The normalized spacial score (nSPS) is 9.73. The van der Waals surface area contributed by atoms with Gasteiger partial charge in [-0.15, -0.1) is 0 Å². The third kappa shape index (κ3) is 1.67. The number of halogens is 2. The Morgan fingerprint density at radius 3 is 2.64 bits per heavy atom. The number of rotatable bonds is 1. The zero-order chi connectivity index (χ0) is 8.43. The predicted molar refractivity (Wildman–Crippen MR) is 42.0 cm³/mol. The van der Waals surface area contributed by atoms with Gasteiger partial charge in [0.1, 0.15) is 17.2 Å². The van der Waals surface area contributed by atoms with Crippen LogP contribution in [0.5, 0.6) is 0 Å². The fraction of sp³-hybridized carbons (Fsp3) is 0.167. The average Bonchev–Trinajstić information content (AvgIpc) is 1.94. The van der Waals surface area contributed by atoms with E-state index in [1.54, 1.807) is 6.92 Å². The molecule has 1 heterocycles. The van der Waals surface area contributed by atoms with Crippen LogP contribution in [0, 0.1) is 6.92 Å². The van der Waals surface area contributed by atoms with Crippen molar-refractivity contribution in [3.63, 3.8) is 0 Å². The van der Waals surface area contributed by atoms with Crippen molar-refractivity contribution in [2.75, 3.05) is 0 Å². The maximum atomic E-state index is 10.6. The van der Waals surface area contributed by atoms with E-state index in [4.69, 9.17) is 23.2 Å². The Morgan fingerprint density at radius 2 is 2.18 bits per heavy atom. The van der Waals surface area contributed by atoms with Crippen molar-refractivity contribution in [1.29, 1.82) is 0 Å². The fourth-order valence-corrected chi connectivity index (χ4v) is 0.950. The average molecular weight is 191 g/mol. The third-order valence-electron chi connectivity index (χ3n) is 1.21. The van der Waals surface area contributed by atoms with Gasteiger partial charge >= 0.3 is 0 Å². The summed E-state index contributed by atoms with van der Waals surface area (Å²) in [6, 6.07) is 0. The lowest BCUT2D eigenvalue weighted by Gasteiger charge is -1.98. The van der Waals surface area contributed by atoms with E-state index in [-0.39, 0.29) is 10.8 Å². The second-order valence-electron chi connectivity index (χ2n) is 1.91. The summed E-state index contributed by atoms with van der Waals surface area (Å²) in [6.07, 6.45) is 1.20. The molecule has 0 amide bonds. The van der Waals surface area contributed by atoms with E-state index < -0.39 is 5.24 Å². The van der Waals surface area contributed by atoms with Gasteiger partial charge in [0.2, 0.25) is 0 Å². The highest BCUT2D eigenvalue weighted by Crippen LogP contribution is 2.14. The van der Waals surface area contributed by atoms with E-state index in [1.807, 2.05) is 0 Å². The molecule has 0 fully saturated rings. The van der Waals surface area contributed by atoms with Gasteiger partial charge in [0.25, 0.3) is 5.24 Å². The van der Waals surface area contributed by atoms with E-state index in [0.29, 0.717) is 5.56 Å². The van der Waals surface area contributed by atoms with Gasteiger partial charge in [0.05, 0.1) is 0 Å². The number of nitrogens with zero attached hydrogens (tertiary/aromatic N) is 2. The van der Waals surface area contributed by atoms with Gasteiger partial charge in [-0.3, -0.25) is 4.79 Å². The van der Waals surface area contributed by atoms with Gasteiger partial charge < -0.3 is 0 Å². The molecule has 0 radical (unpaired) electrons. The molecule has 58 valence electrons. The fourth-order valence-electron chi connectivity index (χ4n) is 0.627. The van der Waals surface area contributed by atoms with Crippen LogP contribution in [0.1, 0.15) is 16.1 Å². The molecule has 0 aliphatic rings. The van der Waals surface area contributed by atoms with Crippen LogP contribution in [0.3, 0.4) is 0 Å². The molecule has 0 saturated heterocycles. The predicted octanol–water partition coefficient (Wildman–Crippen LogP) is 1.82. The van der Waals surface area contributed by atoms with E-state index in [2.05, 4.69) is 9.97 Å². The molecule has 0 bridgehead atoms. The molecule has 1 aromatic rings. The molecule has 11 heavy (non-hydrogen) atoms. The highest BCUT2D eigenvalue weighted by molar-refractivity contribution is 6.67. The summed E-state index contributed by atoms with van der Waals surface area (Å²) >= 11 is 10.8. The molecule has 0 atom stereocenters. The van der Waals surface area contributed by atoms with E-state index in [1.165, 1.54) is 6.33 Å². The molecular formula is C6H4Cl2N2O. The first-order chi connectivity index (χ1) is 5.13. The monoisotopic (exact) mass is 190 g/mol. The van der Waals surface area contributed by atoms with E-state index in [0.717, 1.165) is 0 Å². The molecular weight excluding hydrogens is 187 g/mol. The van der Waals surface area contributed by atoms with Crippen molar-refractivity contribution in [3.05, 3.63) is 22.7 Å². The summed E-state index contributed by atoms with van der Waals surface area (Å²) < 4.78 is 0. The van der Waals surface area contributed by atoms with Crippen molar-refractivity contribution in [3.8, 4) is 0 Å². The zero-order valence-corrected chi connectivity index (χ0v) is 7.15. The van der Waals surface area contributed by atoms with Gasteiger partial charge in [0, 0.05) is 5.56 Å².